The third kappa shape index (κ3) is 5.46. The maximum atomic E-state index is 13.6. The average molecular weight is 366 g/mol. The van der Waals surface area contributed by atoms with E-state index in [-0.39, 0.29) is 12.2 Å². The van der Waals surface area contributed by atoms with Crippen LogP contribution in [0.25, 0.3) is 0 Å². The molecule has 2 rings (SSSR count). The lowest BCUT2D eigenvalue weighted by Crippen LogP contribution is -2.30. The molecule has 2 aromatic carbocycles. The Hall–Kier alpha value is -2.60. The first-order chi connectivity index (χ1) is 11.9. The molecule has 1 N–H and O–H groups in total. The van der Waals surface area contributed by atoms with Gasteiger partial charge in [-0.1, -0.05) is 23.7 Å². The summed E-state index contributed by atoms with van der Waals surface area (Å²) in [5.74, 6) is -1.61. The van der Waals surface area contributed by atoms with Crippen LogP contribution in [0.2, 0.25) is 5.02 Å². The molecule has 0 saturated heterocycles. The summed E-state index contributed by atoms with van der Waals surface area (Å²) in [5.41, 5.74) is 0.920. The van der Waals surface area contributed by atoms with E-state index in [1.54, 1.807) is 30.3 Å². The quantitative estimate of drug-likeness (QED) is 0.794. The number of hydrogen-bond acceptors (Lipinski definition) is 4. The third-order valence-electron chi connectivity index (χ3n) is 3.33. The van der Waals surface area contributed by atoms with E-state index in [1.165, 1.54) is 26.2 Å². The Balaban J connectivity index is 1.90. The number of ether oxygens (including phenoxy) is 2. The molecule has 0 heterocycles. The molecular weight excluding hydrogens is 349 g/mol. The van der Waals surface area contributed by atoms with Crippen molar-refractivity contribution in [3.63, 3.8) is 0 Å². The number of rotatable bonds is 6. The van der Waals surface area contributed by atoms with Gasteiger partial charge in [-0.05, 0) is 42.8 Å². The van der Waals surface area contributed by atoms with Crippen LogP contribution in [0.3, 0.4) is 0 Å². The van der Waals surface area contributed by atoms with Gasteiger partial charge in [0.2, 0.25) is 0 Å². The Morgan fingerprint density at radius 1 is 1.24 bits per heavy atom. The Bertz CT molecular complexity index is 781. The fourth-order valence-corrected chi connectivity index (χ4v) is 2.28. The van der Waals surface area contributed by atoms with Crippen molar-refractivity contribution in [2.45, 2.75) is 19.4 Å². The summed E-state index contributed by atoms with van der Waals surface area (Å²) in [5, 5.41) is 3.07. The van der Waals surface area contributed by atoms with Gasteiger partial charge in [0.05, 0.1) is 13.5 Å². The molecule has 1 amide bonds. The summed E-state index contributed by atoms with van der Waals surface area (Å²) in [6, 6.07) is 10.8. The average Bonchev–Trinajstić information content (AvgIpc) is 2.54. The number of nitrogens with one attached hydrogen (secondary N) is 1. The van der Waals surface area contributed by atoms with E-state index >= 15 is 0 Å². The lowest BCUT2D eigenvalue weighted by molar-refractivity contribution is -0.152. The van der Waals surface area contributed by atoms with Gasteiger partial charge < -0.3 is 14.8 Å². The summed E-state index contributed by atoms with van der Waals surface area (Å²) in [4.78, 5) is 24.0. The number of halogens is 2. The molecule has 25 heavy (non-hydrogen) atoms. The molecule has 0 aliphatic rings. The van der Waals surface area contributed by atoms with Crippen LogP contribution in [0.1, 0.15) is 12.5 Å². The van der Waals surface area contributed by atoms with Crippen molar-refractivity contribution < 1.29 is 23.5 Å². The lowest BCUT2D eigenvalue weighted by Gasteiger charge is -2.14. The highest BCUT2D eigenvalue weighted by molar-refractivity contribution is 6.30. The molecule has 0 saturated carbocycles. The van der Waals surface area contributed by atoms with E-state index in [9.17, 15) is 14.0 Å². The molecule has 0 bridgehead atoms. The summed E-state index contributed by atoms with van der Waals surface area (Å²) in [7, 11) is 1.35. The van der Waals surface area contributed by atoms with Crippen LogP contribution >= 0.6 is 11.6 Å². The molecule has 0 unspecified atom stereocenters. The number of esters is 1. The monoisotopic (exact) mass is 365 g/mol. The second-order valence-electron chi connectivity index (χ2n) is 5.28. The van der Waals surface area contributed by atoms with Crippen molar-refractivity contribution in [2.24, 2.45) is 0 Å². The zero-order chi connectivity index (χ0) is 18.4. The summed E-state index contributed by atoms with van der Waals surface area (Å²) in [6.07, 6.45) is -1.16. The first-order valence-electron chi connectivity index (χ1n) is 7.47. The number of carbonyl (C=O) groups is 2. The molecule has 0 fully saturated rings. The molecule has 1 atom stereocenters. The number of benzene rings is 2. The fraction of sp³-hybridized carbons (Fsp3) is 0.222. The van der Waals surface area contributed by atoms with Gasteiger partial charge in [-0.25, -0.2) is 4.39 Å². The number of methoxy groups -OCH3 is 1. The molecule has 132 valence electrons. The lowest BCUT2D eigenvalue weighted by atomic mass is 10.1. The minimum atomic E-state index is -1.01. The van der Waals surface area contributed by atoms with E-state index in [2.05, 4.69) is 5.32 Å². The molecule has 0 aliphatic carbocycles. The number of amides is 1. The topological polar surface area (TPSA) is 64.6 Å². The molecule has 0 radical (unpaired) electrons. The van der Waals surface area contributed by atoms with Crippen LogP contribution in [0, 0.1) is 5.82 Å². The Kier molecular flexibility index (Phi) is 6.36. The zero-order valence-electron chi connectivity index (χ0n) is 13.7. The zero-order valence-corrected chi connectivity index (χ0v) is 14.5. The molecule has 0 aromatic heterocycles. The van der Waals surface area contributed by atoms with Gasteiger partial charge in [-0.15, -0.1) is 0 Å². The third-order valence-corrected chi connectivity index (χ3v) is 3.57. The van der Waals surface area contributed by atoms with E-state index in [1.807, 2.05) is 0 Å². The Morgan fingerprint density at radius 3 is 2.64 bits per heavy atom. The first-order valence-corrected chi connectivity index (χ1v) is 7.85. The van der Waals surface area contributed by atoms with Crippen molar-refractivity contribution in [1.29, 1.82) is 0 Å². The number of hydrogen-bond donors (Lipinski definition) is 1. The van der Waals surface area contributed by atoms with Gasteiger partial charge in [0.25, 0.3) is 5.91 Å². The molecular formula is C18H17ClFNO4. The van der Waals surface area contributed by atoms with E-state index in [0.29, 0.717) is 16.3 Å². The smallest absolute Gasteiger partial charge is 0.311 e. The van der Waals surface area contributed by atoms with Crippen molar-refractivity contribution >= 4 is 29.2 Å². The van der Waals surface area contributed by atoms with Gasteiger partial charge in [-0.3, -0.25) is 9.59 Å². The predicted molar refractivity (Wildman–Crippen MR) is 92.3 cm³/mol. The Labute approximate surface area is 149 Å². The molecule has 2 aromatic rings. The van der Waals surface area contributed by atoms with Crippen LogP contribution in [0.5, 0.6) is 5.75 Å². The summed E-state index contributed by atoms with van der Waals surface area (Å²) < 4.78 is 23.5. The largest absolute Gasteiger partial charge is 0.494 e. The van der Waals surface area contributed by atoms with Gasteiger partial charge in [0, 0.05) is 10.7 Å². The van der Waals surface area contributed by atoms with Crippen LogP contribution in [-0.2, 0) is 20.7 Å². The summed E-state index contributed by atoms with van der Waals surface area (Å²) in [6.45, 7) is 1.45. The SMILES string of the molecule is COc1ccc(CC(=O)O[C@@H](C)C(=O)Nc2cccc(Cl)c2)cc1F. The van der Waals surface area contributed by atoms with Crippen molar-refractivity contribution in [3.8, 4) is 5.75 Å². The summed E-state index contributed by atoms with van der Waals surface area (Å²) >= 11 is 5.84. The Morgan fingerprint density at radius 2 is 2.00 bits per heavy atom. The predicted octanol–water partition coefficient (Wildman–Crippen LogP) is 3.60. The molecule has 7 heteroatoms. The standard InChI is InChI=1S/C18H17ClFNO4/c1-11(18(23)21-14-5-3-4-13(19)10-14)25-17(22)9-12-6-7-16(24-2)15(20)8-12/h3-8,10-11H,9H2,1-2H3,(H,21,23)/t11-/m0/s1. The second kappa shape index (κ2) is 8.48. The minimum absolute atomic E-state index is 0.0892. The number of anilines is 1. The fourth-order valence-electron chi connectivity index (χ4n) is 2.09. The minimum Gasteiger partial charge on any atom is -0.494 e. The van der Waals surface area contributed by atoms with Gasteiger partial charge in [-0.2, -0.15) is 0 Å². The highest BCUT2D eigenvalue weighted by atomic mass is 35.5. The van der Waals surface area contributed by atoms with Crippen LogP contribution in [0.15, 0.2) is 42.5 Å². The normalized spacial score (nSPS) is 11.5. The van der Waals surface area contributed by atoms with Gasteiger partial charge >= 0.3 is 5.97 Å². The maximum Gasteiger partial charge on any atom is 0.311 e. The van der Waals surface area contributed by atoms with Crippen molar-refractivity contribution in [3.05, 3.63) is 58.9 Å². The van der Waals surface area contributed by atoms with Gasteiger partial charge in [0.1, 0.15) is 0 Å². The van der Waals surface area contributed by atoms with Crippen LogP contribution in [0.4, 0.5) is 10.1 Å². The number of carbonyl (C=O) groups excluding carboxylic acids is 2. The van der Waals surface area contributed by atoms with E-state index < -0.39 is 23.8 Å². The van der Waals surface area contributed by atoms with Crippen LogP contribution in [-0.4, -0.2) is 25.1 Å². The second-order valence-corrected chi connectivity index (χ2v) is 5.71. The molecule has 0 spiro atoms. The van der Waals surface area contributed by atoms with Crippen LogP contribution < -0.4 is 10.1 Å². The highest BCUT2D eigenvalue weighted by Gasteiger charge is 2.18. The van der Waals surface area contributed by atoms with Crippen molar-refractivity contribution in [2.75, 3.05) is 12.4 Å². The van der Waals surface area contributed by atoms with E-state index in [4.69, 9.17) is 21.1 Å². The molecule has 5 nitrogen and oxygen atoms in total. The highest BCUT2D eigenvalue weighted by Crippen LogP contribution is 2.18. The van der Waals surface area contributed by atoms with Gasteiger partial charge in [0.15, 0.2) is 17.7 Å². The molecule has 0 aliphatic heterocycles. The first kappa shape index (κ1) is 18.7. The maximum absolute atomic E-state index is 13.6. The van der Waals surface area contributed by atoms with E-state index in [0.717, 1.165) is 0 Å². The van der Waals surface area contributed by atoms with Crippen molar-refractivity contribution in [1.82, 2.24) is 0 Å².